The topological polar surface area (TPSA) is 50.3 Å². The Bertz CT molecular complexity index is 485. The largest absolute Gasteiger partial charge is 0.297 e. The number of halogens is 1. The van der Waals surface area contributed by atoms with E-state index in [1.165, 1.54) is 4.90 Å². The number of anilines is 1. The van der Waals surface area contributed by atoms with E-state index < -0.39 is 0 Å². The first kappa shape index (κ1) is 11.3. The second kappa shape index (κ2) is 3.97. The van der Waals surface area contributed by atoms with Gasteiger partial charge < -0.3 is 0 Å². The molecule has 0 aromatic carbocycles. The number of ketones is 1. The summed E-state index contributed by atoms with van der Waals surface area (Å²) in [5, 5.41) is 0. The molecule has 0 bridgehead atoms. The number of rotatable bonds is 1. The van der Waals surface area contributed by atoms with Crippen molar-refractivity contribution in [2.75, 3.05) is 11.4 Å². The van der Waals surface area contributed by atoms with Crippen molar-refractivity contribution in [3.63, 3.8) is 0 Å². The molecule has 16 heavy (non-hydrogen) atoms. The lowest BCUT2D eigenvalue weighted by molar-refractivity contribution is -0.121. The highest BCUT2D eigenvalue weighted by Gasteiger charge is 2.30. The number of pyridine rings is 1. The molecule has 4 nitrogen and oxygen atoms in total. The zero-order valence-corrected chi connectivity index (χ0v) is 10.7. The molecule has 1 amide bonds. The van der Waals surface area contributed by atoms with Crippen LogP contribution in [0.15, 0.2) is 10.7 Å². The number of hydrogen-bond donors (Lipinski definition) is 0. The molecule has 1 aromatic rings. The molecule has 0 aliphatic carbocycles. The average Bonchev–Trinajstić information content (AvgIpc) is 2.55. The minimum atomic E-state index is -0.165. The summed E-state index contributed by atoms with van der Waals surface area (Å²) >= 11 is 3.38. The van der Waals surface area contributed by atoms with Gasteiger partial charge in [-0.1, -0.05) is 0 Å². The van der Waals surface area contributed by atoms with Crippen LogP contribution in [0.2, 0.25) is 0 Å². The summed E-state index contributed by atoms with van der Waals surface area (Å²) in [7, 11) is 0. The third kappa shape index (κ3) is 1.75. The van der Waals surface area contributed by atoms with E-state index in [0.29, 0.717) is 5.82 Å². The summed E-state index contributed by atoms with van der Waals surface area (Å²) < 4.78 is 0.909. The Labute approximate surface area is 102 Å². The van der Waals surface area contributed by atoms with Gasteiger partial charge in [0.05, 0.1) is 13.0 Å². The van der Waals surface area contributed by atoms with Crippen molar-refractivity contribution in [1.29, 1.82) is 0 Å². The molecular formula is C11H11BrN2O2. The van der Waals surface area contributed by atoms with E-state index in [2.05, 4.69) is 20.9 Å². The standard InChI is InChI=1S/C11H11BrN2O2/c1-6-7(2)11(13-4-9(6)12)14-5-8(15)3-10(14)16/h4H,3,5H2,1-2H3. The Kier molecular flexibility index (Phi) is 2.80. The summed E-state index contributed by atoms with van der Waals surface area (Å²) in [6.45, 7) is 4.00. The first-order valence-corrected chi connectivity index (χ1v) is 5.73. The van der Waals surface area contributed by atoms with Crippen LogP contribution in [0.3, 0.4) is 0 Å². The Morgan fingerprint density at radius 3 is 2.56 bits per heavy atom. The highest BCUT2D eigenvalue weighted by molar-refractivity contribution is 9.10. The molecule has 0 unspecified atom stereocenters. The Morgan fingerprint density at radius 1 is 1.31 bits per heavy atom. The highest BCUT2D eigenvalue weighted by Crippen LogP contribution is 2.27. The van der Waals surface area contributed by atoms with Crippen molar-refractivity contribution in [1.82, 2.24) is 4.98 Å². The fourth-order valence-corrected chi connectivity index (χ4v) is 2.11. The van der Waals surface area contributed by atoms with E-state index in [1.54, 1.807) is 6.20 Å². The zero-order chi connectivity index (χ0) is 11.9. The molecule has 5 heteroatoms. The molecule has 0 saturated carbocycles. The monoisotopic (exact) mass is 282 g/mol. The van der Waals surface area contributed by atoms with Gasteiger partial charge in [-0.2, -0.15) is 0 Å². The van der Waals surface area contributed by atoms with Crippen LogP contribution < -0.4 is 4.90 Å². The number of carbonyl (C=O) groups is 2. The second-order valence-corrected chi connectivity index (χ2v) is 4.73. The van der Waals surface area contributed by atoms with Gasteiger partial charge in [0, 0.05) is 10.7 Å². The number of aromatic nitrogens is 1. The van der Waals surface area contributed by atoms with Crippen LogP contribution in [0.5, 0.6) is 0 Å². The molecule has 1 aliphatic heterocycles. The molecule has 84 valence electrons. The number of carbonyl (C=O) groups excluding carboxylic acids is 2. The maximum Gasteiger partial charge on any atom is 0.236 e. The van der Waals surface area contributed by atoms with Gasteiger partial charge in [-0.05, 0) is 40.9 Å². The van der Waals surface area contributed by atoms with Gasteiger partial charge in [-0.15, -0.1) is 0 Å². The predicted molar refractivity (Wildman–Crippen MR) is 63.4 cm³/mol. The number of Topliss-reactive ketones (excluding diaryl/α,β-unsaturated/α-hetero) is 1. The van der Waals surface area contributed by atoms with Gasteiger partial charge >= 0.3 is 0 Å². The number of amides is 1. The average molecular weight is 283 g/mol. The lowest BCUT2D eigenvalue weighted by atomic mass is 10.1. The Hall–Kier alpha value is -1.23. The quantitative estimate of drug-likeness (QED) is 0.738. The summed E-state index contributed by atoms with van der Waals surface area (Å²) in [5.41, 5.74) is 1.97. The molecule has 2 heterocycles. The van der Waals surface area contributed by atoms with Crippen LogP contribution in [0.25, 0.3) is 0 Å². The van der Waals surface area contributed by atoms with Gasteiger partial charge in [-0.3, -0.25) is 14.5 Å². The van der Waals surface area contributed by atoms with Crippen LogP contribution >= 0.6 is 15.9 Å². The Balaban J connectivity index is 2.45. The maximum absolute atomic E-state index is 11.6. The van der Waals surface area contributed by atoms with Crippen LogP contribution in [-0.2, 0) is 9.59 Å². The molecule has 1 fully saturated rings. The third-order valence-electron chi connectivity index (χ3n) is 2.80. The first-order valence-electron chi connectivity index (χ1n) is 4.94. The smallest absolute Gasteiger partial charge is 0.236 e. The van der Waals surface area contributed by atoms with Crippen molar-refractivity contribution < 1.29 is 9.59 Å². The SMILES string of the molecule is Cc1c(Br)cnc(N2CC(=O)CC2=O)c1C. The predicted octanol–water partition coefficient (Wildman–Crippen LogP) is 1.77. The van der Waals surface area contributed by atoms with Crippen LogP contribution in [0.4, 0.5) is 5.82 Å². The molecule has 1 aliphatic rings. The van der Waals surface area contributed by atoms with Gasteiger partial charge in [0.25, 0.3) is 0 Å². The van der Waals surface area contributed by atoms with E-state index in [4.69, 9.17) is 0 Å². The summed E-state index contributed by atoms with van der Waals surface area (Å²) in [4.78, 5) is 28.5. The minimum Gasteiger partial charge on any atom is -0.297 e. The third-order valence-corrected chi connectivity index (χ3v) is 3.60. The van der Waals surface area contributed by atoms with Crippen molar-refractivity contribution >= 4 is 33.4 Å². The van der Waals surface area contributed by atoms with Gasteiger partial charge in [0.2, 0.25) is 5.91 Å². The lowest BCUT2D eigenvalue weighted by Gasteiger charge is -2.17. The maximum atomic E-state index is 11.6. The van der Waals surface area contributed by atoms with Gasteiger partial charge in [-0.25, -0.2) is 4.98 Å². The van der Waals surface area contributed by atoms with Gasteiger partial charge in [0.15, 0.2) is 5.78 Å². The molecule has 2 rings (SSSR count). The van der Waals surface area contributed by atoms with E-state index >= 15 is 0 Å². The molecule has 0 radical (unpaired) electrons. The lowest BCUT2D eigenvalue weighted by Crippen LogP contribution is -2.26. The van der Waals surface area contributed by atoms with Crippen LogP contribution in [0.1, 0.15) is 17.5 Å². The van der Waals surface area contributed by atoms with Crippen molar-refractivity contribution in [2.45, 2.75) is 20.3 Å². The number of nitrogens with zero attached hydrogens (tertiary/aromatic N) is 2. The fraction of sp³-hybridized carbons (Fsp3) is 0.364. The molecule has 0 spiro atoms. The van der Waals surface area contributed by atoms with Crippen LogP contribution in [0, 0.1) is 13.8 Å². The van der Waals surface area contributed by atoms with Gasteiger partial charge in [0.1, 0.15) is 5.82 Å². The van der Waals surface area contributed by atoms with Crippen molar-refractivity contribution in [3.8, 4) is 0 Å². The minimum absolute atomic E-state index is 0.00374. The zero-order valence-electron chi connectivity index (χ0n) is 9.08. The van der Waals surface area contributed by atoms with E-state index in [0.717, 1.165) is 15.6 Å². The Morgan fingerprint density at radius 2 is 2.00 bits per heavy atom. The first-order chi connectivity index (χ1) is 7.50. The molecule has 0 N–H and O–H groups in total. The normalized spacial score (nSPS) is 16.1. The summed E-state index contributed by atoms with van der Waals surface area (Å²) in [6.07, 6.45) is 1.66. The molecular weight excluding hydrogens is 272 g/mol. The number of hydrogen-bond acceptors (Lipinski definition) is 3. The fourth-order valence-electron chi connectivity index (χ4n) is 1.71. The van der Waals surface area contributed by atoms with E-state index in [9.17, 15) is 9.59 Å². The van der Waals surface area contributed by atoms with Crippen LogP contribution in [-0.4, -0.2) is 23.2 Å². The summed E-state index contributed by atoms with van der Waals surface area (Å²) in [5.74, 6) is 0.380. The molecule has 1 saturated heterocycles. The second-order valence-electron chi connectivity index (χ2n) is 3.88. The van der Waals surface area contributed by atoms with E-state index in [1.807, 2.05) is 13.8 Å². The van der Waals surface area contributed by atoms with Crippen molar-refractivity contribution in [3.05, 3.63) is 21.8 Å². The molecule has 1 aromatic heterocycles. The molecule has 0 atom stereocenters. The van der Waals surface area contributed by atoms with Crippen molar-refractivity contribution in [2.24, 2.45) is 0 Å². The summed E-state index contributed by atoms with van der Waals surface area (Å²) in [6, 6.07) is 0. The van der Waals surface area contributed by atoms with E-state index in [-0.39, 0.29) is 24.7 Å². The highest BCUT2D eigenvalue weighted by atomic mass is 79.9.